The Bertz CT molecular complexity index is 3120. The van der Waals surface area contributed by atoms with Crippen molar-refractivity contribution in [2.45, 2.75) is 0 Å². The van der Waals surface area contributed by atoms with Crippen LogP contribution in [-0.4, -0.2) is 19.5 Å². The molecule has 0 aliphatic rings. The van der Waals surface area contributed by atoms with Gasteiger partial charge in [0.05, 0.1) is 11.0 Å². The molecule has 0 radical (unpaired) electrons. The van der Waals surface area contributed by atoms with Crippen LogP contribution in [0.3, 0.4) is 0 Å². The summed E-state index contributed by atoms with van der Waals surface area (Å²) in [5.41, 5.74) is 12.2. The Morgan fingerprint density at radius 2 is 0.893 bits per heavy atom. The summed E-state index contributed by atoms with van der Waals surface area (Å²) in [4.78, 5) is 15.8. The van der Waals surface area contributed by atoms with Crippen LogP contribution < -0.4 is 4.90 Å². The maximum Gasteiger partial charge on any atom is 0.145 e. The summed E-state index contributed by atoms with van der Waals surface area (Å²) in [7, 11) is 0. The summed E-state index contributed by atoms with van der Waals surface area (Å²) in [6.45, 7) is 0. The van der Waals surface area contributed by atoms with Crippen LogP contribution in [0.5, 0.6) is 0 Å². The fourth-order valence-electron chi connectivity index (χ4n) is 8.39. The molecule has 0 atom stereocenters. The van der Waals surface area contributed by atoms with Gasteiger partial charge in [0.1, 0.15) is 5.82 Å². The summed E-state index contributed by atoms with van der Waals surface area (Å²) in [5.74, 6) is 0.938. The fourth-order valence-corrected chi connectivity index (χ4v) is 8.39. The first-order chi connectivity index (χ1) is 27.8. The molecule has 0 aliphatic heterocycles. The molecule has 0 bridgehead atoms. The van der Waals surface area contributed by atoms with E-state index < -0.39 is 0 Å². The highest BCUT2D eigenvalue weighted by Crippen LogP contribution is 2.43. The minimum absolute atomic E-state index is 0.938. The molecule has 0 fully saturated rings. The molecule has 56 heavy (non-hydrogen) atoms. The van der Waals surface area contributed by atoms with Gasteiger partial charge in [0.2, 0.25) is 0 Å². The van der Waals surface area contributed by atoms with Gasteiger partial charge in [0.15, 0.2) is 0 Å². The Hall–Kier alpha value is -7.63. The average Bonchev–Trinajstić information content (AvgIpc) is 3.67. The number of para-hydroxylation sites is 2. The van der Waals surface area contributed by atoms with Crippen molar-refractivity contribution < 1.29 is 0 Å². The molecule has 262 valence electrons. The zero-order valence-corrected chi connectivity index (χ0v) is 30.3. The van der Waals surface area contributed by atoms with Gasteiger partial charge in [-0.25, -0.2) is 4.98 Å². The van der Waals surface area contributed by atoms with E-state index in [1.807, 2.05) is 61.2 Å². The van der Waals surface area contributed by atoms with Crippen LogP contribution in [-0.2, 0) is 0 Å². The largest absolute Gasteiger partial charge is 0.310 e. The Balaban J connectivity index is 0.998. The summed E-state index contributed by atoms with van der Waals surface area (Å²) < 4.78 is 2.27. The topological polar surface area (TPSA) is 46.8 Å². The van der Waals surface area contributed by atoms with E-state index in [2.05, 4.69) is 159 Å². The number of rotatable bonds is 7. The lowest BCUT2D eigenvalue weighted by Gasteiger charge is -2.25. The van der Waals surface area contributed by atoms with Crippen LogP contribution in [0, 0.1) is 0 Å². The lowest BCUT2D eigenvalue weighted by molar-refractivity contribution is 1.10. The van der Waals surface area contributed by atoms with Crippen LogP contribution in [0.15, 0.2) is 201 Å². The molecule has 5 heteroatoms. The monoisotopic (exact) mass is 715 g/mol. The molecule has 0 saturated heterocycles. The number of imidazole rings is 1. The molecule has 0 saturated carbocycles. The molecule has 0 unspecified atom stereocenters. The van der Waals surface area contributed by atoms with Crippen molar-refractivity contribution in [1.82, 2.24) is 19.5 Å². The van der Waals surface area contributed by atoms with Gasteiger partial charge in [-0.3, -0.25) is 14.5 Å². The highest BCUT2D eigenvalue weighted by atomic mass is 15.1. The number of hydrogen-bond donors (Lipinski definition) is 0. The van der Waals surface area contributed by atoms with E-state index >= 15 is 0 Å². The molecule has 11 rings (SSSR count). The Labute approximate surface area is 323 Å². The van der Waals surface area contributed by atoms with E-state index in [0.717, 1.165) is 45.2 Å². The summed E-state index contributed by atoms with van der Waals surface area (Å²) in [6, 6.07) is 62.9. The number of nitrogens with zero attached hydrogens (tertiary/aromatic N) is 5. The van der Waals surface area contributed by atoms with E-state index in [9.17, 15) is 0 Å². The third-order valence-electron chi connectivity index (χ3n) is 11.0. The first-order valence-electron chi connectivity index (χ1n) is 18.8. The van der Waals surface area contributed by atoms with E-state index in [1.165, 1.54) is 54.6 Å². The van der Waals surface area contributed by atoms with Gasteiger partial charge in [-0.15, -0.1) is 0 Å². The molecule has 11 aromatic rings. The average molecular weight is 716 g/mol. The van der Waals surface area contributed by atoms with Gasteiger partial charge in [-0.1, -0.05) is 115 Å². The van der Waals surface area contributed by atoms with Gasteiger partial charge < -0.3 is 4.90 Å². The molecule has 8 aromatic carbocycles. The Kier molecular flexibility index (Phi) is 7.42. The van der Waals surface area contributed by atoms with Crippen molar-refractivity contribution in [3.05, 3.63) is 201 Å². The molecular weight excluding hydrogens is 683 g/mol. The van der Waals surface area contributed by atoms with Gasteiger partial charge in [-0.2, -0.15) is 0 Å². The quantitative estimate of drug-likeness (QED) is 0.154. The normalized spacial score (nSPS) is 11.6. The number of benzene rings is 8. The van der Waals surface area contributed by atoms with Crippen LogP contribution in [0.1, 0.15) is 0 Å². The second kappa shape index (κ2) is 13.0. The Morgan fingerprint density at radius 1 is 0.393 bits per heavy atom. The van der Waals surface area contributed by atoms with E-state index in [0.29, 0.717) is 0 Å². The summed E-state index contributed by atoms with van der Waals surface area (Å²) >= 11 is 0. The predicted molar refractivity (Wildman–Crippen MR) is 231 cm³/mol. The fraction of sp³-hybridized carbons (Fsp3) is 0. The maximum absolute atomic E-state index is 5.05. The Morgan fingerprint density at radius 3 is 1.48 bits per heavy atom. The molecule has 0 N–H and O–H groups in total. The van der Waals surface area contributed by atoms with E-state index in [1.54, 1.807) is 0 Å². The lowest BCUT2D eigenvalue weighted by atomic mass is 9.87. The number of aromatic nitrogens is 4. The zero-order valence-electron chi connectivity index (χ0n) is 30.3. The smallest absolute Gasteiger partial charge is 0.145 e. The first-order valence-corrected chi connectivity index (χ1v) is 18.8. The van der Waals surface area contributed by atoms with Crippen molar-refractivity contribution in [3.63, 3.8) is 0 Å². The third kappa shape index (κ3) is 5.21. The van der Waals surface area contributed by atoms with E-state index in [-0.39, 0.29) is 0 Å². The van der Waals surface area contributed by atoms with Gasteiger partial charge in [-0.05, 0) is 115 Å². The maximum atomic E-state index is 5.05. The van der Waals surface area contributed by atoms with Crippen molar-refractivity contribution in [1.29, 1.82) is 0 Å². The van der Waals surface area contributed by atoms with Crippen LogP contribution in [0.4, 0.5) is 17.1 Å². The summed E-state index contributed by atoms with van der Waals surface area (Å²) in [6.07, 6.45) is 7.31. The van der Waals surface area contributed by atoms with E-state index in [4.69, 9.17) is 4.98 Å². The molecule has 0 aliphatic carbocycles. The number of anilines is 3. The SMILES string of the molecule is c1ccc(-c2nc3ccccc3n2-c2ccc(-c3ccc4ccc5c(-c6ccc(N(c7ccncc7)c7ccncc7)cc6)ccc6ccc3c4c65)cc2)cc1. The third-order valence-corrected chi connectivity index (χ3v) is 11.0. The predicted octanol–water partition coefficient (Wildman–Crippen LogP) is 13.2. The van der Waals surface area contributed by atoms with Gasteiger partial charge in [0, 0.05) is 53.1 Å². The molecule has 5 nitrogen and oxygen atoms in total. The lowest BCUT2D eigenvalue weighted by Crippen LogP contribution is -2.09. The van der Waals surface area contributed by atoms with Gasteiger partial charge in [0.25, 0.3) is 0 Å². The molecular formula is C51H33N5. The second-order valence-corrected chi connectivity index (χ2v) is 14.1. The highest BCUT2D eigenvalue weighted by Gasteiger charge is 2.18. The minimum atomic E-state index is 0.938. The van der Waals surface area contributed by atoms with Crippen molar-refractivity contribution in [2.24, 2.45) is 0 Å². The van der Waals surface area contributed by atoms with Crippen LogP contribution >= 0.6 is 0 Å². The molecule has 0 amide bonds. The van der Waals surface area contributed by atoms with Crippen molar-refractivity contribution >= 4 is 60.4 Å². The highest BCUT2D eigenvalue weighted by molar-refractivity contribution is 6.27. The number of hydrogen-bond acceptors (Lipinski definition) is 4. The number of fused-ring (bicyclic) bond motifs is 1. The minimum Gasteiger partial charge on any atom is -0.310 e. The van der Waals surface area contributed by atoms with Crippen molar-refractivity contribution in [3.8, 4) is 39.3 Å². The molecule has 3 aromatic heterocycles. The standard InChI is InChI=1S/C51H33N5/c1-2-6-38(7-3-1)51-54-47-8-4-5-9-48(47)56(51)40-20-12-35(13-21-40)44-23-15-37-16-24-45-43(22-14-36-17-25-46(44)50(37)49(36)45)34-10-18-39(19-11-34)55(41-26-30-52-31-27-41)42-28-32-53-33-29-42/h1-33H. The van der Waals surface area contributed by atoms with Crippen molar-refractivity contribution in [2.75, 3.05) is 4.90 Å². The second-order valence-electron chi connectivity index (χ2n) is 14.1. The van der Waals surface area contributed by atoms with Gasteiger partial charge >= 0.3 is 0 Å². The summed E-state index contributed by atoms with van der Waals surface area (Å²) in [5, 5.41) is 7.59. The van der Waals surface area contributed by atoms with Crippen LogP contribution in [0.25, 0.3) is 82.7 Å². The molecule has 0 spiro atoms. The number of pyridine rings is 2. The zero-order chi connectivity index (χ0) is 37.0. The molecule has 3 heterocycles. The first kappa shape index (κ1) is 31.9. The van der Waals surface area contributed by atoms with Crippen LogP contribution in [0.2, 0.25) is 0 Å².